The molecular formula is C77H120O6. The minimum absolute atomic E-state index is 0.106. The zero-order valence-electron chi connectivity index (χ0n) is 53.1. The Balaban J connectivity index is 4.43. The average Bonchev–Trinajstić information content (AvgIpc) is 3.48. The Morgan fingerprint density at radius 1 is 0.253 bits per heavy atom. The number of hydrogen-bond donors (Lipinski definition) is 0. The monoisotopic (exact) mass is 1140 g/mol. The quantitative estimate of drug-likeness (QED) is 0.0261. The van der Waals surface area contributed by atoms with Crippen LogP contribution in [0.4, 0.5) is 0 Å². The number of unbranched alkanes of at least 4 members (excludes halogenated alkanes) is 17. The van der Waals surface area contributed by atoms with Gasteiger partial charge in [0.25, 0.3) is 0 Å². The normalized spacial score (nSPS) is 13.3. The number of rotatable bonds is 58. The summed E-state index contributed by atoms with van der Waals surface area (Å²) in [6.07, 6.45) is 103. The lowest BCUT2D eigenvalue weighted by molar-refractivity contribution is -0.167. The van der Waals surface area contributed by atoms with Crippen LogP contribution in [0.2, 0.25) is 0 Å². The van der Waals surface area contributed by atoms with Crippen LogP contribution in [-0.4, -0.2) is 37.2 Å². The van der Waals surface area contributed by atoms with Crippen molar-refractivity contribution in [3.05, 3.63) is 182 Å². The molecule has 0 radical (unpaired) electrons. The van der Waals surface area contributed by atoms with Gasteiger partial charge < -0.3 is 14.2 Å². The van der Waals surface area contributed by atoms with Gasteiger partial charge in [-0.2, -0.15) is 0 Å². The number of esters is 3. The SMILES string of the molecule is CC/C=C\C/C=C\C/C=C\C/C=C\C/C=C\C/C=C\C/C=C\C/C=C\C/C=C\CCCCCC(=O)OCC(COC(=O)CCCCCCCCCCCCC)OC(=O)CCCCCC/C=C\C/C=C\C/C=C\C/C=C\C/C=C\C/C=C\CC. The minimum atomic E-state index is -0.815. The summed E-state index contributed by atoms with van der Waals surface area (Å²) < 4.78 is 16.9. The third-order valence-electron chi connectivity index (χ3n) is 13.4. The van der Waals surface area contributed by atoms with Crippen LogP contribution in [0.5, 0.6) is 0 Å². The minimum Gasteiger partial charge on any atom is -0.462 e. The van der Waals surface area contributed by atoms with E-state index in [1.165, 1.54) is 51.4 Å². The maximum atomic E-state index is 12.9. The van der Waals surface area contributed by atoms with Crippen LogP contribution in [-0.2, 0) is 28.6 Å². The molecule has 1 atom stereocenters. The molecule has 0 aromatic rings. The van der Waals surface area contributed by atoms with E-state index in [9.17, 15) is 14.4 Å². The molecule has 0 amide bonds. The highest BCUT2D eigenvalue weighted by Gasteiger charge is 2.19. The van der Waals surface area contributed by atoms with Crippen molar-refractivity contribution < 1.29 is 28.6 Å². The molecule has 464 valence electrons. The molecule has 0 rings (SSSR count). The smallest absolute Gasteiger partial charge is 0.306 e. The predicted molar refractivity (Wildman–Crippen MR) is 361 cm³/mol. The Labute approximate surface area is 510 Å². The van der Waals surface area contributed by atoms with Crippen LogP contribution in [0, 0.1) is 0 Å². The van der Waals surface area contributed by atoms with Crippen molar-refractivity contribution in [1.29, 1.82) is 0 Å². The van der Waals surface area contributed by atoms with E-state index in [1.54, 1.807) is 0 Å². The first-order chi connectivity index (χ1) is 41.0. The van der Waals surface area contributed by atoms with E-state index in [2.05, 4.69) is 203 Å². The molecule has 6 heteroatoms. The van der Waals surface area contributed by atoms with Crippen LogP contribution in [0.3, 0.4) is 0 Å². The third kappa shape index (κ3) is 67.2. The molecule has 0 N–H and O–H groups in total. The van der Waals surface area contributed by atoms with E-state index >= 15 is 0 Å². The molecule has 83 heavy (non-hydrogen) atoms. The molecule has 0 bridgehead atoms. The van der Waals surface area contributed by atoms with Crippen molar-refractivity contribution in [1.82, 2.24) is 0 Å². The van der Waals surface area contributed by atoms with Crippen LogP contribution >= 0.6 is 0 Å². The van der Waals surface area contributed by atoms with Gasteiger partial charge in [0.2, 0.25) is 0 Å². The Hall–Kier alpha value is -5.49. The fourth-order valence-electron chi connectivity index (χ4n) is 8.50. The lowest BCUT2D eigenvalue weighted by Crippen LogP contribution is -2.30. The molecule has 0 aliphatic heterocycles. The largest absolute Gasteiger partial charge is 0.462 e. The molecule has 0 saturated heterocycles. The van der Waals surface area contributed by atoms with E-state index < -0.39 is 6.10 Å². The van der Waals surface area contributed by atoms with Gasteiger partial charge in [-0.1, -0.05) is 287 Å². The maximum Gasteiger partial charge on any atom is 0.306 e. The van der Waals surface area contributed by atoms with Crippen molar-refractivity contribution in [2.45, 2.75) is 271 Å². The van der Waals surface area contributed by atoms with Crippen molar-refractivity contribution in [3.63, 3.8) is 0 Å². The van der Waals surface area contributed by atoms with Gasteiger partial charge in [0.05, 0.1) is 0 Å². The molecule has 0 aromatic heterocycles. The summed E-state index contributed by atoms with van der Waals surface area (Å²) in [6.45, 7) is 6.35. The predicted octanol–water partition coefficient (Wildman–Crippen LogP) is 23.2. The van der Waals surface area contributed by atoms with Crippen LogP contribution in [0.25, 0.3) is 0 Å². The molecule has 0 heterocycles. The summed E-state index contributed by atoms with van der Waals surface area (Å²) in [6, 6.07) is 0. The number of allylic oxidation sites excluding steroid dienone is 30. The molecule has 0 fully saturated rings. The van der Waals surface area contributed by atoms with Gasteiger partial charge >= 0.3 is 17.9 Å². The zero-order chi connectivity index (χ0) is 59.9. The van der Waals surface area contributed by atoms with E-state index in [0.717, 1.165) is 173 Å². The maximum absolute atomic E-state index is 12.9. The number of ether oxygens (including phenoxy) is 3. The zero-order valence-corrected chi connectivity index (χ0v) is 53.1. The topological polar surface area (TPSA) is 78.9 Å². The van der Waals surface area contributed by atoms with Gasteiger partial charge in [-0.15, -0.1) is 0 Å². The molecule has 1 unspecified atom stereocenters. The van der Waals surface area contributed by atoms with Crippen LogP contribution in [0.15, 0.2) is 182 Å². The molecule has 0 aliphatic rings. The Kier molecular flexibility index (Phi) is 64.4. The second-order valence-electron chi connectivity index (χ2n) is 21.3. The second-order valence-corrected chi connectivity index (χ2v) is 21.3. The molecule has 0 spiro atoms. The van der Waals surface area contributed by atoms with Crippen molar-refractivity contribution in [3.8, 4) is 0 Å². The van der Waals surface area contributed by atoms with Gasteiger partial charge in [-0.25, -0.2) is 0 Å². The molecular weight excluding hydrogens is 1020 g/mol. The van der Waals surface area contributed by atoms with Crippen LogP contribution < -0.4 is 0 Å². The number of carbonyl (C=O) groups excluding carboxylic acids is 3. The lowest BCUT2D eigenvalue weighted by atomic mass is 10.1. The number of carbonyl (C=O) groups is 3. The Morgan fingerprint density at radius 2 is 0.470 bits per heavy atom. The summed E-state index contributed by atoms with van der Waals surface area (Å²) in [4.78, 5) is 38.3. The summed E-state index contributed by atoms with van der Waals surface area (Å²) in [7, 11) is 0. The van der Waals surface area contributed by atoms with Gasteiger partial charge in [-0.05, 0) is 141 Å². The molecule has 0 aliphatic carbocycles. The second kappa shape index (κ2) is 69.0. The summed E-state index contributed by atoms with van der Waals surface area (Å²) in [5.41, 5.74) is 0. The molecule has 0 aromatic carbocycles. The summed E-state index contributed by atoms with van der Waals surface area (Å²) >= 11 is 0. The molecule has 6 nitrogen and oxygen atoms in total. The molecule has 0 saturated carbocycles. The van der Waals surface area contributed by atoms with Gasteiger partial charge in [-0.3, -0.25) is 14.4 Å². The van der Waals surface area contributed by atoms with Crippen molar-refractivity contribution in [2.24, 2.45) is 0 Å². The first-order valence-corrected chi connectivity index (χ1v) is 33.3. The third-order valence-corrected chi connectivity index (χ3v) is 13.4. The van der Waals surface area contributed by atoms with Crippen molar-refractivity contribution in [2.75, 3.05) is 13.2 Å². The van der Waals surface area contributed by atoms with Crippen molar-refractivity contribution >= 4 is 17.9 Å². The van der Waals surface area contributed by atoms with Gasteiger partial charge in [0.1, 0.15) is 13.2 Å². The first kappa shape index (κ1) is 77.5. The standard InChI is InChI=1S/C77H120O6/c1-4-7-10-13-16-19-22-24-26-28-30-32-34-35-36-37-38-39-40-41-43-44-46-48-50-52-55-58-61-64-67-70-76(79)82-73-74(72-81-75(78)69-66-63-60-57-54-21-18-15-12-9-6-3)83-77(80)71-68-65-62-59-56-53-51-49-47-45-42-33-31-29-27-25-23-20-17-14-11-8-5-2/h7-8,10-11,16-17,19-20,24-27,30-33,35-36,38-39,41,43,45-48,51-53,55,74H,4-6,9,12-15,18,21-23,28-29,34,37,40,42,44,49-50,54,56-73H2,1-3H3/b10-7-,11-8-,19-16-,20-17-,26-24-,27-25-,32-30-,33-31-,36-35-,39-38-,43-41-,47-45-,48-46-,53-51-,55-52-. The fraction of sp³-hybridized carbons (Fsp3) is 0.571. The highest BCUT2D eigenvalue weighted by Crippen LogP contribution is 2.14. The number of hydrogen-bond acceptors (Lipinski definition) is 6. The van der Waals surface area contributed by atoms with E-state index in [0.29, 0.717) is 12.8 Å². The van der Waals surface area contributed by atoms with Crippen LogP contribution in [0.1, 0.15) is 265 Å². The lowest BCUT2D eigenvalue weighted by Gasteiger charge is -2.18. The summed E-state index contributed by atoms with van der Waals surface area (Å²) in [5, 5.41) is 0. The van der Waals surface area contributed by atoms with E-state index in [4.69, 9.17) is 14.2 Å². The Morgan fingerprint density at radius 3 is 0.747 bits per heavy atom. The highest BCUT2D eigenvalue weighted by atomic mass is 16.6. The van der Waals surface area contributed by atoms with Gasteiger partial charge in [0, 0.05) is 19.3 Å². The fourth-order valence-corrected chi connectivity index (χ4v) is 8.50. The first-order valence-electron chi connectivity index (χ1n) is 33.3. The highest BCUT2D eigenvalue weighted by molar-refractivity contribution is 5.71. The average molecular weight is 1140 g/mol. The Bertz CT molecular complexity index is 1940. The summed E-state index contributed by atoms with van der Waals surface area (Å²) in [5.74, 6) is -0.972. The van der Waals surface area contributed by atoms with Gasteiger partial charge in [0.15, 0.2) is 6.10 Å². The van der Waals surface area contributed by atoms with E-state index in [-0.39, 0.29) is 37.5 Å². The van der Waals surface area contributed by atoms with E-state index in [1.807, 2.05) is 0 Å².